The van der Waals surface area contributed by atoms with Crippen molar-refractivity contribution < 1.29 is 13.3 Å². The largest absolute Gasteiger partial charge is 0.360 e. The van der Waals surface area contributed by atoms with Crippen LogP contribution in [0.15, 0.2) is 23.5 Å². The first-order chi connectivity index (χ1) is 8.07. The van der Waals surface area contributed by atoms with E-state index in [1.54, 1.807) is 0 Å². The van der Waals surface area contributed by atoms with Crippen LogP contribution in [0.25, 0.3) is 0 Å². The molecule has 2 atom stereocenters. The highest BCUT2D eigenvalue weighted by Crippen LogP contribution is 2.37. The van der Waals surface area contributed by atoms with E-state index in [0.29, 0.717) is 10.8 Å². The molecular formula is C11H15ClF3N3. The Morgan fingerprint density at radius 2 is 2.17 bits per heavy atom. The lowest BCUT2D eigenvalue weighted by Crippen LogP contribution is -2.47. The summed E-state index contributed by atoms with van der Waals surface area (Å²) in [5, 5.41) is 6.62. The van der Waals surface area contributed by atoms with Crippen molar-refractivity contribution in [2.45, 2.75) is 37.4 Å². The summed E-state index contributed by atoms with van der Waals surface area (Å²) in [6.45, 7) is 0.855. The molecule has 1 saturated heterocycles. The van der Waals surface area contributed by atoms with Crippen LogP contribution in [0.4, 0.5) is 13.3 Å². The first kappa shape index (κ1) is 13.5. The lowest BCUT2D eigenvalue weighted by atomic mass is 10.1. The molecule has 1 aliphatic carbocycles. The predicted octanol–water partition coefficient (Wildman–Crippen LogP) is 2.08. The first-order valence-electron chi connectivity index (χ1n) is 5.82. The van der Waals surface area contributed by atoms with Gasteiger partial charge in [0.25, 0.3) is 5.92 Å². The van der Waals surface area contributed by atoms with Crippen LogP contribution in [-0.4, -0.2) is 29.8 Å². The zero-order valence-corrected chi connectivity index (χ0v) is 10.4. The van der Waals surface area contributed by atoms with Crippen molar-refractivity contribution in [1.82, 2.24) is 15.8 Å². The topological polar surface area (TPSA) is 27.3 Å². The van der Waals surface area contributed by atoms with Gasteiger partial charge in [0.05, 0.1) is 17.8 Å². The summed E-state index contributed by atoms with van der Waals surface area (Å²) in [5.41, 5.74) is 0.549. The lowest BCUT2D eigenvalue weighted by Gasteiger charge is -2.26. The fourth-order valence-corrected chi connectivity index (χ4v) is 2.62. The molecule has 2 aliphatic heterocycles. The Balaban J connectivity index is 0.00000120. The second kappa shape index (κ2) is 4.66. The van der Waals surface area contributed by atoms with Gasteiger partial charge in [-0.3, -0.25) is 0 Å². The Labute approximate surface area is 109 Å². The molecule has 0 aromatic rings. The average molecular weight is 282 g/mol. The molecule has 0 aromatic heterocycles. The normalized spacial score (nSPS) is 33.2. The van der Waals surface area contributed by atoms with Gasteiger partial charge in [0.1, 0.15) is 6.17 Å². The molecule has 1 unspecified atom stereocenters. The van der Waals surface area contributed by atoms with Crippen LogP contribution >= 0.6 is 12.4 Å². The zero-order valence-electron chi connectivity index (χ0n) is 9.63. The number of hydrogen-bond donors (Lipinski definition) is 2. The first-order valence-corrected chi connectivity index (χ1v) is 5.82. The molecule has 7 heteroatoms. The van der Waals surface area contributed by atoms with Crippen LogP contribution in [0.5, 0.6) is 0 Å². The quantitative estimate of drug-likeness (QED) is 0.721. The van der Waals surface area contributed by atoms with E-state index in [4.69, 9.17) is 0 Å². The van der Waals surface area contributed by atoms with Gasteiger partial charge in [-0.25, -0.2) is 8.78 Å². The summed E-state index contributed by atoms with van der Waals surface area (Å²) in [4.78, 5) is 0. The number of allylic oxidation sites excluding steroid dienone is 3. The van der Waals surface area contributed by atoms with Gasteiger partial charge < -0.3 is 10.6 Å². The fourth-order valence-electron chi connectivity index (χ4n) is 2.62. The summed E-state index contributed by atoms with van der Waals surface area (Å²) in [6, 6.07) is -0.0207. The molecule has 3 nitrogen and oxygen atoms in total. The monoisotopic (exact) mass is 281 g/mol. The lowest BCUT2D eigenvalue weighted by molar-refractivity contribution is -0.0164. The molecule has 1 fully saturated rings. The Morgan fingerprint density at radius 1 is 1.39 bits per heavy atom. The molecule has 0 aromatic carbocycles. The van der Waals surface area contributed by atoms with Crippen LogP contribution in [0, 0.1) is 0 Å². The smallest absolute Gasteiger partial charge is 0.272 e. The van der Waals surface area contributed by atoms with E-state index in [9.17, 15) is 13.3 Å². The molecule has 0 radical (unpaired) electrons. The molecule has 18 heavy (non-hydrogen) atoms. The van der Waals surface area contributed by atoms with Gasteiger partial charge in [0.15, 0.2) is 0 Å². The Hall–Kier alpha value is -0.880. The molecule has 0 saturated carbocycles. The highest BCUT2D eigenvalue weighted by molar-refractivity contribution is 5.85. The summed E-state index contributed by atoms with van der Waals surface area (Å²) < 4.78 is 40.3. The van der Waals surface area contributed by atoms with E-state index in [2.05, 4.69) is 10.6 Å². The van der Waals surface area contributed by atoms with Gasteiger partial charge in [0, 0.05) is 6.04 Å². The van der Waals surface area contributed by atoms with Crippen molar-refractivity contribution >= 4 is 12.4 Å². The number of hydrogen-bond acceptors (Lipinski definition) is 3. The molecule has 2 N–H and O–H groups in total. The highest BCUT2D eigenvalue weighted by atomic mass is 35.5. The fraction of sp³-hybridized carbons (Fsp3) is 0.636. The second-order valence-electron chi connectivity index (χ2n) is 4.73. The minimum absolute atomic E-state index is 0. The van der Waals surface area contributed by atoms with E-state index < -0.39 is 18.5 Å². The summed E-state index contributed by atoms with van der Waals surface area (Å²) >= 11 is 0. The van der Waals surface area contributed by atoms with Crippen LogP contribution < -0.4 is 10.6 Å². The molecule has 0 bridgehead atoms. The maximum absolute atomic E-state index is 14.0. The third-order valence-electron chi connectivity index (χ3n) is 3.49. The van der Waals surface area contributed by atoms with E-state index in [1.807, 2.05) is 0 Å². The second-order valence-corrected chi connectivity index (χ2v) is 4.73. The third-order valence-corrected chi connectivity index (χ3v) is 3.49. The maximum atomic E-state index is 14.0. The van der Waals surface area contributed by atoms with Gasteiger partial charge in [-0.15, -0.1) is 12.4 Å². The van der Waals surface area contributed by atoms with Crippen molar-refractivity contribution in [1.29, 1.82) is 0 Å². The van der Waals surface area contributed by atoms with Crippen LogP contribution in [0.2, 0.25) is 0 Å². The van der Waals surface area contributed by atoms with Gasteiger partial charge >= 0.3 is 0 Å². The molecule has 102 valence electrons. The van der Waals surface area contributed by atoms with Gasteiger partial charge in [-0.2, -0.15) is 5.12 Å². The van der Waals surface area contributed by atoms with Gasteiger partial charge in [-0.05, 0) is 31.5 Å². The predicted molar refractivity (Wildman–Crippen MR) is 63.9 cm³/mol. The average Bonchev–Trinajstić information content (AvgIpc) is 2.87. The van der Waals surface area contributed by atoms with E-state index in [-0.39, 0.29) is 24.1 Å². The summed E-state index contributed by atoms with van der Waals surface area (Å²) in [7, 11) is 0. The molecular weight excluding hydrogens is 267 g/mol. The summed E-state index contributed by atoms with van der Waals surface area (Å²) in [5.74, 6) is -2.94. The highest BCUT2D eigenvalue weighted by Gasteiger charge is 2.43. The third kappa shape index (κ3) is 2.19. The Bertz CT molecular complexity index is 391. The minimum atomic E-state index is -2.94. The number of rotatable bonds is 1. The van der Waals surface area contributed by atoms with Gasteiger partial charge in [-0.1, -0.05) is 4.48 Å². The number of halogens is 4. The SMILES string of the molecule is Cl.FN1C2=C(C=CC(F)(F)C2)NC1[C@@H]1CCCN1. The van der Waals surface area contributed by atoms with Crippen LogP contribution in [0.1, 0.15) is 19.3 Å². The molecule has 2 heterocycles. The minimum Gasteiger partial charge on any atom is -0.360 e. The number of nitrogens with zero attached hydrogens (tertiary/aromatic N) is 1. The molecule has 3 aliphatic rings. The maximum Gasteiger partial charge on any atom is 0.272 e. The van der Waals surface area contributed by atoms with E-state index >= 15 is 0 Å². The van der Waals surface area contributed by atoms with E-state index in [0.717, 1.165) is 25.5 Å². The van der Waals surface area contributed by atoms with Crippen LogP contribution in [-0.2, 0) is 0 Å². The van der Waals surface area contributed by atoms with Crippen molar-refractivity contribution in [2.24, 2.45) is 0 Å². The summed E-state index contributed by atoms with van der Waals surface area (Å²) in [6.07, 6.45) is 2.84. The molecule has 0 amide bonds. The number of nitrogens with one attached hydrogen (secondary N) is 2. The van der Waals surface area contributed by atoms with Crippen molar-refractivity contribution in [2.75, 3.05) is 6.54 Å². The standard InChI is InChI=1S/C11H14F3N3.ClH/c12-11(13)4-3-7-9(6-11)17(14)10(16-7)8-2-1-5-15-8;/h3-4,8,10,15-16H,1-2,5-6H2;1H/t8-,10?;/m0./s1. The van der Waals surface area contributed by atoms with Crippen molar-refractivity contribution in [3.63, 3.8) is 0 Å². The molecule has 3 rings (SSSR count). The number of alkyl halides is 2. The Morgan fingerprint density at radius 3 is 2.83 bits per heavy atom. The van der Waals surface area contributed by atoms with Crippen molar-refractivity contribution in [3.8, 4) is 0 Å². The van der Waals surface area contributed by atoms with Crippen molar-refractivity contribution in [3.05, 3.63) is 23.5 Å². The van der Waals surface area contributed by atoms with Gasteiger partial charge in [0.2, 0.25) is 0 Å². The van der Waals surface area contributed by atoms with E-state index in [1.165, 1.54) is 6.08 Å². The molecule has 0 spiro atoms. The Kier molecular flexibility index (Phi) is 3.51. The zero-order chi connectivity index (χ0) is 12.0. The van der Waals surface area contributed by atoms with Crippen LogP contribution in [0.3, 0.4) is 0 Å².